The number of nitrogens with two attached hydrogens (primary N) is 1. The summed E-state index contributed by atoms with van der Waals surface area (Å²) in [5.74, 6) is 5.03. The molecule has 0 spiro atoms. The number of guanidine groups is 1. The van der Waals surface area contributed by atoms with E-state index in [-0.39, 0.29) is 23.4 Å². The van der Waals surface area contributed by atoms with Gasteiger partial charge in [0.05, 0.1) is 5.69 Å². The van der Waals surface area contributed by atoms with E-state index in [1.165, 1.54) is 18.2 Å². The van der Waals surface area contributed by atoms with Crippen LogP contribution >= 0.6 is 0 Å². The van der Waals surface area contributed by atoms with E-state index >= 15 is 0 Å². The van der Waals surface area contributed by atoms with E-state index in [1.807, 2.05) is 0 Å². The van der Waals surface area contributed by atoms with E-state index in [2.05, 4.69) is 20.5 Å². The van der Waals surface area contributed by atoms with Gasteiger partial charge in [0, 0.05) is 6.04 Å². The quantitative estimate of drug-likeness (QED) is 0.342. The minimum Gasteiger partial charge on any atom is -0.404 e. The summed E-state index contributed by atoms with van der Waals surface area (Å²) in [6.45, 7) is 3.61. The highest BCUT2D eigenvalue weighted by Gasteiger charge is 2.32. The van der Waals surface area contributed by atoms with E-state index < -0.39 is 6.36 Å². The Balaban J connectivity index is 2.94. The Kier molecular flexibility index (Phi) is 4.99. The molecule has 0 saturated carbocycles. The van der Waals surface area contributed by atoms with Gasteiger partial charge in [-0.15, -0.1) is 13.2 Å². The van der Waals surface area contributed by atoms with Gasteiger partial charge in [-0.2, -0.15) is 0 Å². The summed E-state index contributed by atoms with van der Waals surface area (Å²) >= 11 is 0. The van der Waals surface area contributed by atoms with Crippen LogP contribution in [-0.2, 0) is 0 Å². The Bertz CT molecular complexity index is 446. The molecule has 0 aliphatic heterocycles. The molecular weight excluding hydrogens is 261 g/mol. The van der Waals surface area contributed by atoms with Gasteiger partial charge in [-0.05, 0) is 26.0 Å². The molecule has 1 rings (SSSR count). The van der Waals surface area contributed by atoms with Crippen LogP contribution < -0.4 is 21.3 Å². The molecular formula is C11H15F3N4O. The largest absolute Gasteiger partial charge is 0.573 e. The van der Waals surface area contributed by atoms with Crippen LogP contribution in [0.2, 0.25) is 0 Å². The van der Waals surface area contributed by atoms with Gasteiger partial charge in [-0.3, -0.25) is 5.43 Å². The molecule has 0 unspecified atom stereocenters. The van der Waals surface area contributed by atoms with Crippen molar-refractivity contribution in [3.8, 4) is 5.75 Å². The highest BCUT2D eigenvalue weighted by atomic mass is 19.4. The van der Waals surface area contributed by atoms with Crippen molar-refractivity contribution in [3.63, 3.8) is 0 Å². The fourth-order valence-corrected chi connectivity index (χ4v) is 1.27. The minimum atomic E-state index is -4.76. The number of nitrogens with zero attached hydrogens (tertiary/aromatic N) is 1. The van der Waals surface area contributed by atoms with Crippen molar-refractivity contribution >= 4 is 11.6 Å². The van der Waals surface area contributed by atoms with Crippen molar-refractivity contribution in [2.75, 3.05) is 5.32 Å². The molecule has 0 aliphatic rings. The van der Waals surface area contributed by atoms with Crippen LogP contribution in [-0.4, -0.2) is 18.4 Å². The van der Waals surface area contributed by atoms with E-state index in [4.69, 9.17) is 5.84 Å². The molecule has 106 valence electrons. The number of aliphatic imine (C=N–C) groups is 1. The molecule has 0 aromatic heterocycles. The van der Waals surface area contributed by atoms with Crippen LogP contribution in [0.15, 0.2) is 29.3 Å². The highest BCUT2D eigenvalue weighted by molar-refractivity contribution is 5.94. The van der Waals surface area contributed by atoms with Crippen LogP contribution in [0, 0.1) is 0 Å². The van der Waals surface area contributed by atoms with Crippen LogP contribution in [0.4, 0.5) is 18.9 Å². The summed E-state index contributed by atoms with van der Waals surface area (Å²) in [5.41, 5.74) is 2.38. The fourth-order valence-electron chi connectivity index (χ4n) is 1.27. The molecule has 5 nitrogen and oxygen atoms in total. The molecule has 0 atom stereocenters. The van der Waals surface area contributed by atoms with Gasteiger partial charge in [0.2, 0.25) is 5.96 Å². The number of alkyl halides is 3. The zero-order chi connectivity index (χ0) is 14.5. The van der Waals surface area contributed by atoms with E-state index in [0.29, 0.717) is 0 Å². The normalized spacial score (nSPS) is 12.5. The zero-order valence-corrected chi connectivity index (χ0v) is 10.5. The Morgan fingerprint density at radius 1 is 1.32 bits per heavy atom. The second-order valence-electron chi connectivity index (χ2n) is 3.88. The summed E-state index contributed by atoms with van der Waals surface area (Å²) in [6.07, 6.45) is -4.76. The van der Waals surface area contributed by atoms with E-state index in [1.54, 1.807) is 19.9 Å². The van der Waals surface area contributed by atoms with Crippen LogP contribution in [0.25, 0.3) is 0 Å². The Morgan fingerprint density at radius 2 is 1.95 bits per heavy atom. The first-order chi connectivity index (χ1) is 8.81. The van der Waals surface area contributed by atoms with Gasteiger partial charge in [-0.25, -0.2) is 10.8 Å². The summed E-state index contributed by atoms with van der Waals surface area (Å²) in [6, 6.07) is 5.54. The van der Waals surface area contributed by atoms with Gasteiger partial charge in [0.25, 0.3) is 0 Å². The molecule has 0 bridgehead atoms. The number of halogens is 3. The molecule has 1 aromatic carbocycles. The Labute approximate surface area is 108 Å². The van der Waals surface area contributed by atoms with Crippen molar-refractivity contribution in [3.05, 3.63) is 24.3 Å². The first kappa shape index (κ1) is 15.1. The predicted molar refractivity (Wildman–Crippen MR) is 66.6 cm³/mol. The lowest BCUT2D eigenvalue weighted by Crippen LogP contribution is -2.37. The smallest absolute Gasteiger partial charge is 0.404 e. The average molecular weight is 276 g/mol. The molecule has 0 amide bonds. The number of rotatable bonds is 3. The van der Waals surface area contributed by atoms with Gasteiger partial charge < -0.3 is 10.1 Å². The van der Waals surface area contributed by atoms with Gasteiger partial charge in [0.1, 0.15) is 0 Å². The lowest BCUT2D eigenvalue weighted by Gasteiger charge is -2.15. The topological polar surface area (TPSA) is 71.7 Å². The Hall–Kier alpha value is -1.96. The molecule has 0 radical (unpaired) electrons. The molecule has 8 heteroatoms. The van der Waals surface area contributed by atoms with E-state index in [9.17, 15) is 13.2 Å². The summed E-state index contributed by atoms with van der Waals surface area (Å²) in [7, 11) is 0. The maximum Gasteiger partial charge on any atom is 0.573 e. The second-order valence-corrected chi connectivity index (χ2v) is 3.88. The van der Waals surface area contributed by atoms with Crippen molar-refractivity contribution in [1.82, 2.24) is 5.43 Å². The number of anilines is 1. The SMILES string of the molecule is CC(C)N=C(NN)Nc1ccccc1OC(F)(F)F. The standard InChI is InChI=1S/C11H15F3N4O/c1-7(2)16-10(18-15)17-8-5-3-4-6-9(8)19-11(12,13)14/h3-7H,15H2,1-2H3,(H2,16,17,18). The van der Waals surface area contributed by atoms with Gasteiger partial charge in [-0.1, -0.05) is 12.1 Å². The second kappa shape index (κ2) is 6.28. The summed E-state index contributed by atoms with van der Waals surface area (Å²) < 4.78 is 40.6. The molecule has 0 heterocycles. The molecule has 0 fully saturated rings. The highest BCUT2D eigenvalue weighted by Crippen LogP contribution is 2.29. The number of hydrazine groups is 1. The van der Waals surface area contributed by atoms with Crippen molar-refractivity contribution in [2.45, 2.75) is 26.3 Å². The summed E-state index contributed by atoms with van der Waals surface area (Å²) in [5, 5.41) is 2.64. The number of hydrogen-bond donors (Lipinski definition) is 3. The lowest BCUT2D eigenvalue weighted by atomic mass is 10.3. The fraction of sp³-hybridized carbons (Fsp3) is 0.364. The zero-order valence-electron chi connectivity index (χ0n) is 10.5. The third kappa shape index (κ3) is 5.47. The predicted octanol–water partition coefficient (Wildman–Crippen LogP) is 2.22. The Morgan fingerprint density at radius 3 is 2.47 bits per heavy atom. The minimum absolute atomic E-state index is 0.0748. The summed E-state index contributed by atoms with van der Waals surface area (Å²) in [4.78, 5) is 4.06. The van der Waals surface area contributed by atoms with Gasteiger partial charge >= 0.3 is 6.36 Å². The molecule has 0 saturated heterocycles. The van der Waals surface area contributed by atoms with Crippen LogP contribution in [0.5, 0.6) is 5.75 Å². The van der Waals surface area contributed by atoms with E-state index in [0.717, 1.165) is 0 Å². The molecule has 0 aliphatic carbocycles. The number of para-hydroxylation sites is 2. The first-order valence-corrected chi connectivity index (χ1v) is 5.48. The van der Waals surface area contributed by atoms with Crippen LogP contribution in [0.3, 0.4) is 0 Å². The number of ether oxygens (including phenoxy) is 1. The number of hydrogen-bond acceptors (Lipinski definition) is 3. The number of nitrogens with one attached hydrogen (secondary N) is 2. The molecule has 4 N–H and O–H groups in total. The molecule has 19 heavy (non-hydrogen) atoms. The number of benzene rings is 1. The third-order valence-corrected chi connectivity index (χ3v) is 1.89. The molecule has 1 aromatic rings. The average Bonchev–Trinajstić information content (AvgIpc) is 2.28. The monoisotopic (exact) mass is 276 g/mol. The van der Waals surface area contributed by atoms with Gasteiger partial charge in [0.15, 0.2) is 5.75 Å². The van der Waals surface area contributed by atoms with Crippen molar-refractivity contribution in [2.24, 2.45) is 10.8 Å². The maximum absolute atomic E-state index is 12.2. The first-order valence-electron chi connectivity index (χ1n) is 5.48. The third-order valence-electron chi connectivity index (χ3n) is 1.89. The lowest BCUT2D eigenvalue weighted by molar-refractivity contribution is -0.274. The van der Waals surface area contributed by atoms with Crippen molar-refractivity contribution in [1.29, 1.82) is 0 Å². The maximum atomic E-state index is 12.2. The van der Waals surface area contributed by atoms with Crippen molar-refractivity contribution < 1.29 is 17.9 Å². The van der Waals surface area contributed by atoms with Crippen LogP contribution in [0.1, 0.15) is 13.8 Å².